The van der Waals surface area contributed by atoms with E-state index < -0.39 is 0 Å². The topological polar surface area (TPSA) is 46.8 Å². The third-order valence-electron chi connectivity index (χ3n) is 8.19. The van der Waals surface area contributed by atoms with Gasteiger partial charge in [-0.25, -0.2) is 4.98 Å². The summed E-state index contributed by atoms with van der Waals surface area (Å²) in [4.78, 5) is 8.49. The fourth-order valence-electron chi connectivity index (χ4n) is 6.31. The molecule has 0 spiro atoms. The molecule has 0 saturated heterocycles. The van der Waals surface area contributed by atoms with Gasteiger partial charge in [0.1, 0.15) is 5.52 Å². The van der Waals surface area contributed by atoms with Crippen LogP contribution in [-0.4, -0.2) is 14.5 Å². The van der Waals surface area contributed by atoms with E-state index in [1.807, 2.05) is 42.5 Å². The van der Waals surface area contributed by atoms with E-state index in [0.717, 1.165) is 44.5 Å². The summed E-state index contributed by atoms with van der Waals surface area (Å²) in [6.45, 7) is 0. The predicted molar refractivity (Wildman–Crippen MR) is 169 cm³/mol. The Bertz CT molecular complexity index is 2410. The third kappa shape index (κ3) is 3.25. The van der Waals surface area contributed by atoms with Gasteiger partial charge in [-0.05, 0) is 48.0 Å². The highest BCUT2D eigenvalue weighted by Crippen LogP contribution is 2.39. The Morgan fingerprint density at radius 2 is 1.32 bits per heavy atom. The van der Waals surface area contributed by atoms with Crippen molar-refractivity contribution >= 4 is 54.7 Å². The Morgan fingerprint density at radius 3 is 2.20 bits per heavy atom. The highest BCUT2D eigenvalue weighted by Gasteiger charge is 2.18. The standard InChI is InChI=1S/C37H23N3O/c1-2-9-24(10-3-1)37-39-32-15-8-13-26(36(32)41-37)23-17-19-25(20-18-23)40-33-16-7-5-12-28(33)30-22-21-29-27-11-4-6-14-31(27)38-34(29)35(30)40/h1-22,38H. The number of para-hydroxylation sites is 3. The minimum Gasteiger partial charge on any atom is -0.435 e. The summed E-state index contributed by atoms with van der Waals surface area (Å²) < 4.78 is 8.70. The molecule has 192 valence electrons. The number of nitrogens with one attached hydrogen (secondary N) is 1. The third-order valence-corrected chi connectivity index (χ3v) is 8.19. The van der Waals surface area contributed by atoms with Gasteiger partial charge in [0.05, 0.1) is 16.6 Å². The van der Waals surface area contributed by atoms with Crippen LogP contribution in [0.2, 0.25) is 0 Å². The van der Waals surface area contributed by atoms with E-state index in [1.54, 1.807) is 0 Å². The number of nitrogens with zero attached hydrogens (tertiary/aromatic N) is 2. The summed E-state index contributed by atoms with van der Waals surface area (Å²) in [6.07, 6.45) is 0. The van der Waals surface area contributed by atoms with Gasteiger partial charge >= 0.3 is 0 Å². The fourth-order valence-corrected chi connectivity index (χ4v) is 6.31. The number of H-pyrrole nitrogens is 1. The smallest absolute Gasteiger partial charge is 0.227 e. The molecule has 41 heavy (non-hydrogen) atoms. The molecule has 6 aromatic carbocycles. The summed E-state index contributed by atoms with van der Waals surface area (Å²) >= 11 is 0. The number of rotatable bonds is 3. The van der Waals surface area contributed by atoms with Crippen LogP contribution in [0.3, 0.4) is 0 Å². The van der Waals surface area contributed by atoms with Crippen LogP contribution >= 0.6 is 0 Å². The van der Waals surface area contributed by atoms with E-state index in [-0.39, 0.29) is 0 Å². The predicted octanol–water partition coefficient (Wildman–Crippen LogP) is 9.89. The maximum absolute atomic E-state index is 6.31. The van der Waals surface area contributed by atoms with E-state index >= 15 is 0 Å². The number of aromatic amines is 1. The number of fused-ring (bicyclic) bond motifs is 8. The first-order valence-corrected chi connectivity index (χ1v) is 13.8. The quantitative estimate of drug-likeness (QED) is 0.249. The second-order valence-corrected chi connectivity index (χ2v) is 10.5. The normalized spacial score (nSPS) is 11.9. The molecule has 0 fully saturated rings. The highest BCUT2D eigenvalue weighted by molar-refractivity contribution is 6.22. The molecule has 0 unspecified atom stereocenters. The van der Waals surface area contributed by atoms with Crippen molar-refractivity contribution < 1.29 is 4.42 Å². The van der Waals surface area contributed by atoms with Crippen molar-refractivity contribution in [3.8, 4) is 28.3 Å². The van der Waals surface area contributed by atoms with E-state index in [9.17, 15) is 0 Å². The number of hydrogen-bond acceptors (Lipinski definition) is 2. The van der Waals surface area contributed by atoms with Crippen LogP contribution in [0.25, 0.3) is 83.0 Å². The molecule has 0 radical (unpaired) electrons. The van der Waals surface area contributed by atoms with E-state index in [4.69, 9.17) is 9.40 Å². The van der Waals surface area contributed by atoms with Crippen LogP contribution < -0.4 is 0 Å². The lowest BCUT2D eigenvalue weighted by atomic mass is 10.0. The minimum atomic E-state index is 0.636. The fraction of sp³-hybridized carbons (Fsp3) is 0. The number of benzene rings is 6. The maximum Gasteiger partial charge on any atom is 0.227 e. The number of hydrogen-bond donors (Lipinski definition) is 1. The summed E-state index contributed by atoms with van der Waals surface area (Å²) in [5.74, 6) is 0.636. The van der Waals surface area contributed by atoms with Crippen molar-refractivity contribution in [1.82, 2.24) is 14.5 Å². The molecule has 4 nitrogen and oxygen atoms in total. The minimum absolute atomic E-state index is 0.636. The van der Waals surface area contributed by atoms with Crippen LogP contribution in [0.15, 0.2) is 138 Å². The van der Waals surface area contributed by atoms with E-state index in [1.165, 1.54) is 32.6 Å². The zero-order valence-electron chi connectivity index (χ0n) is 22.0. The van der Waals surface area contributed by atoms with Gasteiger partial charge in [0, 0.05) is 43.9 Å². The Kier molecular flexibility index (Phi) is 4.58. The molecule has 0 aliphatic heterocycles. The SMILES string of the molecule is c1ccc(-c2nc3cccc(-c4ccc(-n5c6ccccc6c6ccc7c8ccccc8[nH]c7c65)cc4)c3o2)cc1. The molecule has 9 rings (SSSR count). The first kappa shape index (κ1) is 22.2. The van der Waals surface area contributed by atoms with Crippen molar-refractivity contribution in [2.45, 2.75) is 0 Å². The summed E-state index contributed by atoms with van der Waals surface area (Å²) in [7, 11) is 0. The van der Waals surface area contributed by atoms with Crippen LogP contribution in [0.1, 0.15) is 0 Å². The van der Waals surface area contributed by atoms with Crippen molar-refractivity contribution in [3.63, 3.8) is 0 Å². The Morgan fingerprint density at radius 1 is 0.561 bits per heavy atom. The molecule has 0 amide bonds. The maximum atomic E-state index is 6.31. The lowest BCUT2D eigenvalue weighted by molar-refractivity contribution is 0.621. The summed E-state index contributed by atoms with van der Waals surface area (Å²) in [5, 5.41) is 4.96. The molecule has 1 N–H and O–H groups in total. The molecule has 0 bridgehead atoms. The zero-order chi connectivity index (χ0) is 26.9. The molecule has 9 aromatic rings. The van der Waals surface area contributed by atoms with Gasteiger partial charge in [0.2, 0.25) is 5.89 Å². The lowest BCUT2D eigenvalue weighted by Gasteiger charge is -2.10. The van der Waals surface area contributed by atoms with Gasteiger partial charge in [-0.2, -0.15) is 0 Å². The first-order valence-electron chi connectivity index (χ1n) is 13.8. The van der Waals surface area contributed by atoms with Gasteiger partial charge < -0.3 is 14.0 Å². The molecule has 0 aliphatic rings. The van der Waals surface area contributed by atoms with Gasteiger partial charge in [-0.3, -0.25) is 0 Å². The Hall–Kier alpha value is -5.61. The monoisotopic (exact) mass is 525 g/mol. The van der Waals surface area contributed by atoms with E-state index in [0.29, 0.717) is 5.89 Å². The number of oxazole rings is 1. The molecular formula is C37H23N3O. The Labute approximate surface area is 235 Å². The van der Waals surface area contributed by atoms with Crippen molar-refractivity contribution in [2.75, 3.05) is 0 Å². The first-order chi connectivity index (χ1) is 20.3. The molecule has 0 saturated carbocycles. The molecule has 3 heterocycles. The van der Waals surface area contributed by atoms with Crippen LogP contribution in [-0.2, 0) is 0 Å². The molecule has 0 aliphatic carbocycles. The van der Waals surface area contributed by atoms with Crippen LogP contribution in [0, 0.1) is 0 Å². The van der Waals surface area contributed by atoms with Gasteiger partial charge in [0.25, 0.3) is 0 Å². The van der Waals surface area contributed by atoms with E-state index in [2.05, 4.69) is 101 Å². The van der Waals surface area contributed by atoms with Crippen LogP contribution in [0.4, 0.5) is 0 Å². The second kappa shape index (κ2) is 8.44. The van der Waals surface area contributed by atoms with Crippen molar-refractivity contribution in [1.29, 1.82) is 0 Å². The average Bonchev–Trinajstić information content (AvgIpc) is 3.73. The summed E-state index contributed by atoms with van der Waals surface area (Å²) in [5.41, 5.74) is 10.5. The van der Waals surface area contributed by atoms with Gasteiger partial charge in [-0.1, -0.05) is 91.0 Å². The zero-order valence-corrected chi connectivity index (χ0v) is 22.0. The number of aromatic nitrogens is 3. The van der Waals surface area contributed by atoms with Gasteiger partial charge in [0.15, 0.2) is 5.58 Å². The molecule has 3 aromatic heterocycles. The molecule has 0 atom stereocenters. The lowest BCUT2D eigenvalue weighted by Crippen LogP contribution is -1.94. The average molecular weight is 526 g/mol. The van der Waals surface area contributed by atoms with Crippen molar-refractivity contribution in [3.05, 3.63) is 133 Å². The van der Waals surface area contributed by atoms with Crippen LogP contribution in [0.5, 0.6) is 0 Å². The second-order valence-electron chi connectivity index (χ2n) is 10.5. The van der Waals surface area contributed by atoms with Gasteiger partial charge in [-0.15, -0.1) is 0 Å². The molecular weight excluding hydrogens is 502 g/mol. The highest BCUT2D eigenvalue weighted by atomic mass is 16.3. The van der Waals surface area contributed by atoms with Crippen molar-refractivity contribution in [2.24, 2.45) is 0 Å². The molecule has 4 heteroatoms. The largest absolute Gasteiger partial charge is 0.435 e. The summed E-state index contributed by atoms with van der Waals surface area (Å²) in [6, 6.07) is 46.7. The Balaban J connectivity index is 1.24.